The molecule has 3 N–H and O–H groups in total. The van der Waals surface area contributed by atoms with Gasteiger partial charge in [-0.2, -0.15) is 5.10 Å². The summed E-state index contributed by atoms with van der Waals surface area (Å²) in [5, 5.41) is 8.58. The molecule has 1 aliphatic heterocycles. The molecule has 0 spiro atoms. The van der Waals surface area contributed by atoms with Gasteiger partial charge in [0.2, 0.25) is 5.91 Å². The largest absolute Gasteiger partial charge is 0.455 e. The van der Waals surface area contributed by atoms with Crippen LogP contribution in [0.1, 0.15) is 39.7 Å². The number of anilines is 2. The molecule has 1 saturated heterocycles. The number of piperidine rings is 1. The van der Waals surface area contributed by atoms with Gasteiger partial charge in [0.15, 0.2) is 11.4 Å². The highest BCUT2D eigenvalue weighted by molar-refractivity contribution is 6.02. The van der Waals surface area contributed by atoms with E-state index in [0.29, 0.717) is 39.7 Å². The van der Waals surface area contributed by atoms with Gasteiger partial charge in [-0.3, -0.25) is 9.69 Å². The lowest BCUT2D eigenvalue weighted by atomic mass is 9.98. The maximum Gasteiger partial charge on any atom is 0.247 e. The first-order chi connectivity index (χ1) is 18.2. The highest BCUT2D eigenvalue weighted by atomic mass is 16.5. The molecular weight excluding hydrogens is 478 g/mol. The molecule has 3 heterocycles. The number of benzene rings is 2. The second kappa shape index (κ2) is 10.3. The van der Waals surface area contributed by atoms with Gasteiger partial charge in [-0.05, 0) is 70.0 Å². The molecule has 0 atom stereocenters. The first-order valence-corrected chi connectivity index (χ1v) is 12.8. The number of fused-ring (bicyclic) bond motifs is 1. The highest BCUT2D eigenvalue weighted by Crippen LogP contribution is 2.38. The molecule has 1 amide bonds. The number of nitrogens with one attached hydrogen (secondary N) is 1. The van der Waals surface area contributed by atoms with Crippen LogP contribution in [0.2, 0.25) is 0 Å². The third-order valence-corrected chi connectivity index (χ3v) is 6.94. The molecule has 38 heavy (non-hydrogen) atoms. The number of amides is 1. The second-order valence-corrected chi connectivity index (χ2v) is 10.5. The lowest BCUT2D eigenvalue weighted by molar-refractivity contribution is -0.111. The van der Waals surface area contributed by atoms with Gasteiger partial charge in [-0.15, -0.1) is 0 Å². The summed E-state index contributed by atoms with van der Waals surface area (Å²) in [4.78, 5) is 23.6. The van der Waals surface area contributed by atoms with E-state index < -0.39 is 0 Å². The maximum atomic E-state index is 12.3. The minimum absolute atomic E-state index is 0.130. The molecule has 0 aliphatic carbocycles. The van der Waals surface area contributed by atoms with Gasteiger partial charge in [0, 0.05) is 24.2 Å². The lowest BCUT2D eigenvalue weighted by Crippen LogP contribution is -2.46. The number of nitrogens with zero attached hydrogens (tertiary/aromatic N) is 5. The van der Waals surface area contributed by atoms with Gasteiger partial charge in [-0.25, -0.2) is 14.6 Å². The van der Waals surface area contributed by atoms with E-state index in [1.807, 2.05) is 53.2 Å². The third kappa shape index (κ3) is 5.10. The molecule has 2 aromatic heterocycles. The van der Waals surface area contributed by atoms with Gasteiger partial charge in [0.25, 0.3) is 0 Å². The zero-order chi connectivity index (χ0) is 26.9. The monoisotopic (exact) mass is 511 g/mol. The van der Waals surface area contributed by atoms with E-state index in [2.05, 4.69) is 47.5 Å². The molecule has 1 fully saturated rings. The van der Waals surface area contributed by atoms with E-state index in [1.165, 1.54) is 12.4 Å². The Morgan fingerprint density at radius 1 is 1.13 bits per heavy atom. The Labute approximate surface area is 222 Å². The Kier molecular flexibility index (Phi) is 6.86. The summed E-state index contributed by atoms with van der Waals surface area (Å²) in [5.74, 6) is 1.18. The Balaban J connectivity index is 1.55. The molecule has 2 aromatic carbocycles. The van der Waals surface area contributed by atoms with Crippen molar-refractivity contribution in [3.8, 4) is 22.8 Å². The number of carbonyl (C=O) groups excluding carboxylic acids is 1. The molecule has 0 bridgehead atoms. The van der Waals surface area contributed by atoms with Crippen LogP contribution in [0, 0.1) is 0 Å². The second-order valence-electron chi connectivity index (χ2n) is 10.5. The predicted molar refractivity (Wildman–Crippen MR) is 150 cm³/mol. The Bertz CT molecular complexity index is 1470. The van der Waals surface area contributed by atoms with E-state index in [9.17, 15) is 4.79 Å². The van der Waals surface area contributed by atoms with E-state index in [4.69, 9.17) is 15.6 Å². The number of carbonyl (C=O) groups is 1. The summed E-state index contributed by atoms with van der Waals surface area (Å²) < 4.78 is 8.07. The van der Waals surface area contributed by atoms with Crippen molar-refractivity contribution in [2.75, 3.05) is 24.1 Å². The maximum absolute atomic E-state index is 12.3. The summed E-state index contributed by atoms with van der Waals surface area (Å²) in [6.45, 7) is 12.3. The van der Waals surface area contributed by atoms with Crippen molar-refractivity contribution in [1.29, 1.82) is 0 Å². The van der Waals surface area contributed by atoms with Crippen LogP contribution in [0.4, 0.5) is 11.5 Å². The average Bonchev–Trinajstić information content (AvgIpc) is 3.31. The molecule has 4 aromatic rings. The van der Waals surface area contributed by atoms with Gasteiger partial charge >= 0.3 is 0 Å². The first kappa shape index (κ1) is 25.4. The third-order valence-electron chi connectivity index (χ3n) is 6.94. The van der Waals surface area contributed by atoms with Crippen LogP contribution in [0.15, 0.2) is 67.5 Å². The number of para-hydroxylation sites is 1. The lowest BCUT2D eigenvalue weighted by Gasteiger charge is -2.40. The fraction of sp³-hybridized carbons (Fsp3) is 0.310. The van der Waals surface area contributed by atoms with Crippen molar-refractivity contribution in [3.05, 3.63) is 67.5 Å². The summed E-state index contributed by atoms with van der Waals surface area (Å²) >= 11 is 0. The topological polar surface area (TPSA) is 111 Å². The zero-order valence-electron chi connectivity index (χ0n) is 22.0. The number of aromatic nitrogens is 4. The first-order valence-electron chi connectivity index (χ1n) is 12.8. The van der Waals surface area contributed by atoms with E-state index >= 15 is 0 Å². The predicted octanol–water partition coefficient (Wildman–Crippen LogP) is 5.43. The van der Waals surface area contributed by atoms with Crippen LogP contribution in [-0.4, -0.2) is 49.2 Å². The molecule has 0 unspecified atom stereocenters. The van der Waals surface area contributed by atoms with E-state index in [1.54, 1.807) is 0 Å². The van der Waals surface area contributed by atoms with Crippen LogP contribution in [0.3, 0.4) is 0 Å². The highest BCUT2D eigenvalue weighted by Gasteiger charge is 2.30. The molecule has 0 radical (unpaired) electrons. The normalized spacial score (nSPS) is 14.9. The van der Waals surface area contributed by atoms with Crippen molar-refractivity contribution in [2.45, 2.75) is 45.2 Å². The number of hydrogen-bond acceptors (Lipinski definition) is 7. The molecular formula is C29H33N7O2. The molecule has 1 aliphatic rings. The zero-order valence-corrected chi connectivity index (χ0v) is 22.0. The molecule has 9 nitrogen and oxygen atoms in total. The average molecular weight is 512 g/mol. The van der Waals surface area contributed by atoms with Crippen molar-refractivity contribution in [2.24, 2.45) is 0 Å². The van der Waals surface area contributed by atoms with Crippen molar-refractivity contribution in [1.82, 2.24) is 24.6 Å². The fourth-order valence-corrected chi connectivity index (χ4v) is 4.90. The fourth-order valence-electron chi connectivity index (χ4n) is 4.90. The number of likely N-dealkylation sites (tertiary alicyclic amines) is 1. The van der Waals surface area contributed by atoms with Crippen molar-refractivity contribution < 1.29 is 9.53 Å². The smallest absolute Gasteiger partial charge is 0.247 e. The minimum atomic E-state index is -0.344. The van der Waals surface area contributed by atoms with Gasteiger partial charge in [0.05, 0.1) is 17.1 Å². The number of hydrogen-bond donors (Lipinski definition) is 2. The molecule has 5 rings (SSSR count). The van der Waals surface area contributed by atoms with E-state index in [0.717, 1.165) is 31.5 Å². The minimum Gasteiger partial charge on any atom is -0.455 e. The van der Waals surface area contributed by atoms with Crippen molar-refractivity contribution in [3.63, 3.8) is 0 Å². The summed E-state index contributed by atoms with van der Waals surface area (Å²) in [7, 11) is 0. The van der Waals surface area contributed by atoms with Crippen LogP contribution < -0.4 is 15.8 Å². The standard InChI is InChI=1S/C29H33N7O2/c1-5-24(37)33-22-17-19(11-12-23(22)38-21-9-7-6-8-10-21)26-25-27(30)31-18-32-28(25)36(34-26)20-13-15-35(16-14-20)29(2,3)4/h5-12,17-18,20H,1,13-16H2,2-4H3,(H,33,37)(H2,30,31,32). The van der Waals surface area contributed by atoms with Gasteiger partial charge in [-0.1, -0.05) is 24.8 Å². The number of rotatable bonds is 6. The van der Waals surface area contributed by atoms with Gasteiger partial charge in [0.1, 0.15) is 23.6 Å². The van der Waals surface area contributed by atoms with E-state index in [-0.39, 0.29) is 17.5 Å². The van der Waals surface area contributed by atoms with Crippen LogP contribution in [0.25, 0.3) is 22.3 Å². The molecule has 0 saturated carbocycles. The van der Waals surface area contributed by atoms with Crippen LogP contribution >= 0.6 is 0 Å². The summed E-state index contributed by atoms with van der Waals surface area (Å²) in [5.41, 5.74) is 9.13. The Morgan fingerprint density at radius 2 is 1.87 bits per heavy atom. The SMILES string of the molecule is C=CC(=O)Nc1cc(-c2nn(C3CCN(C(C)(C)C)CC3)c3ncnc(N)c23)ccc1Oc1ccccc1. The van der Waals surface area contributed by atoms with Crippen LogP contribution in [0.5, 0.6) is 11.5 Å². The Hall–Kier alpha value is -4.24. The summed E-state index contributed by atoms with van der Waals surface area (Å²) in [6.07, 6.45) is 4.62. The van der Waals surface area contributed by atoms with Crippen LogP contribution in [-0.2, 0) is 4.79 Å². The number of ether oxygens (including phenoxy) is 1. The van der Waals surface area contributed by atoms with Gasteiger partial charge < -0.3 is 15.8 Å². The molecule has 9 heteroatoms. The molecule has 196 valence electrons. The Morgan fingerprint density at radius 3 is 2.55 bits per heavy atom. The number of nitrogen functional groups attached to an aromatic ring is 1. The quantitative estimate of drug-likeness (QED) is 0.332. The number of nitrogens with two attached hydrogens (primary N) is 1. The summed E-state index contributed by atoms with van der Waals surface area (Å²) in [6, 6.07) is 15.1. The van der Waals surface area contributed by atoms with Crippen molar-refractivity contribution >= 4 is 28.4 Å².